The number of nitrogens with zero attached hydrogens (tertiary/aromatic N) is 3. The van der Waals surface area contributed by atoms with Gasteiger partial charge in [0.25, 0.3) is 0 Å². The standard InChI is InChI=1S/C25H24N4O5/c1-14-22(24(31)29(28-14)17-10-9-15-5-2-3-6-16(15)13-17)27-26-19-8-4-7-18(23(19)30)20-11-12-21(34-20)25(32)33/h4,7-10,12-13,20,26,30H,2-3,5-6,11H2,1H3,(H,32,33)/b27-22-. The van der Waals surface area contributed by atoms with Crippen LogP contribution in [0.15, 0.2) is 58.4 Å². The second kappa shape index (κ2) is 8.66. The fourth-order valence-electron chi connectivity index (χ4n) is 4.47. The number of anilines is 2. The van der Waals surface area contributed by atoms with Crippen LogP contribution in [0.4, 0.5) is 11.4 Å². The molecule has 2 aliphatic heterocycles. The van der Waals surface area contributed by atoms with E-state index in [2.05, 4.69) is 21.7 Å². The number of ether oxygens (including phenoxy) is 1. The van der Waals surface area contributed by atoms with E-state index in [1.54, 1.807) is 25.1 Å². The van der Waals surface area contributed by atoms with Crippen LogP contribution in [-0.4, -0.2) is 33.5 Å². The summed E-state index contributed by atoms with van der Waals surface area (Å²) >= 11 is 0. The number of rotatable bonds is 5. The largest absolute Gasteiger partial charge is 0.505 e. The van der Waals surface area contributed by atoms with E-state index >= 15 is 0 Å². The zero-order chi connectivity index (χ0) is 23.8. The van der Waals surface area contributed by atoms with Gasteiger partial charge in [0.1, 0.15) is 11.9 Å². The van der Waals surface area contributed by atoms with Crippen LogP contribution in [0, 0.1) is 0 Å². The van der Waals surface area contributed by atoms with Crippen LogP contribution in [-0.2, 0) is 27.2 Å². The Bertz CT molecular complexity index is 1280. The molecule has 0 aromatic heterocycles. The second-order valence-corrected chi connectivity index (χ2v) is 8.49. The van der Waals surface area contributed by atoms with Crippen molar-refractivity contribution in [3.63, 3.8) is 0 Å². The number of aliphatic carboxylic acids is 1. The Hall–Kier alpha value is -4.14. The van der Waals surface area contributed by atoms with Crippen LogP contribution < -0.4 is 10.4 Å². The van der Waals surface area contributed by atoms with Crippen molar-refractivity contribution in [1.29, 1.82) is 0 Å². The van der Waals surface area contributed by atoms with E-state index in [0.717, 1.165) is 19.3 Å². The average Bonchev–Trinajstić information content (AvgIpc) is 3.43. The van der Waals surface area contributed by atoms with Gasteiger partial charge in [-0.25, -0.2) is 4.79 Å². The van der Waals surface area contributed by atoms with Gasteiger partial charge in [-0.2, -0.15) is 15.2 Å². The lowest BCUT2D eigenvalue weighted by Crippen LogP contribution is -2.28. The van der Waals surface area contributed by atoms with E-state index in [1.165, 1.54) is 28.6 Å². The fraction of sp³-hybridized carbons (Fsp3) is 0.280. The van der Waals surface area contributed by atoms with Gasteiger partial charge in [-0.3, -0.25) is 10.2 Å². The van der Waals surface area contributed by atoms with Gasteiger partial charge >= 0.3 is 11.9 Å². The summed E-state index contributed by atoms with van der Waals surface area (Å²) in [4.78, 5) is 24.2. The number of nitrogens with one attached hydrogen (secondary N) is 1. The van der Waals surface area contributed by atoms with Crippen LogP contribution >= 0.6 is 0 Å². The minimum Gasteiger partial charge on any atom is -0.505 e. The molecule has 9 heteroatoms. The molecule has 1 amide bonds. The number of benzene rings is 2. The topological polar surface area (TPSA) is 124 Å². The van der Waals surface area contributed by atoms with Crippen molar-refractivity contribution < 1.29 is 24.5 Å². The van der Waals surface area contributed by atoms with Gasteiger partial charge in [-0.15, -0.1) is 0 Å². The maximum atomic E-state index is 13.1. The minimum atomic E-state index is -1.15. The van der Waals surface area contributed by atoms with Gasteiger partial charge in [0.05, 0.1) is 17.1 Å². The first-order valence-electron chi connectivity index (χ1n) is 11.2. The van der Waals surface area contributed by atoms with Crippen LogP contribution in [0.1, 0.15) is 49.0 Å². The number of aromatic hydroxyl groups is 1. The molecule has 174 valence electrons. The van der Waals surface area contributed by atoms with Crippen LogP contribution in [0.25, 0.3) is 0 Å². The van der Waals surface area contributed by atoms with Gasteiger partial charge in [-0.05, 0) is 68.0 Å². The van der Waals surface area contributed by atoms with E-state index in [9.17, 15) is 14.7 Å². The summed E-state index contributed by atoms with van der Waals surface area (Å²) in [5.41, 5.74) is 7.35. The third-order valence-electron chi connectivity index (χ3n) is 6.26. The molecule has 0 saturated carbocycles. The van der Waals surface area contributed by atoms with Crippen LogP contribution in [0.3, 0.4) is 0 Å². The first-order valence-corrected chi connectivity index (χ1v) is 11.2. The molecule has 34 heavy (non-hydrogen) atoms. The Labute approximate surface area is 196 Å². The lowest BCUT2D eigenvalue weighted by Gasteiger charge is -2.19. The number of hydrogen-bond donors (Lipinski definition) is 3. The molecule has 2 aromatic rings. The molecule has 3 N–H and O–H groups in total. The van der Waals surface area contributed by atoms with Crippen molar-refractivity contribution >= 4 is 34.7 Å². The average molecular weight is 460 g/mol. The smallest absolute Gasteiger partial charge is 0.370 e. The highest BCUT2D eigenvalue weighted by atomic mass is 16.5. The first-order chi connectivity index (χ1) is 16.4. The predicted octanol–water partition coefficient (Wildman–Crippen LogP) is 3.89. The molecule has 9 nitrogen and oxygen atoms in total. The molecule has 5 rings (SSSR count). The third-order valence-corrected chi connectivity index (χ3v) is 6.26. The lowest BCUT2D eigenvalue weighted by molar-refractivity contribution is -0.137. The molecule has 0 radical (unpaired) electrons. The number of hydrogen-bond acceptors (Lipinski definition) is 7. The number of fused-ring (bicyclic) bond motifs is 1. The fourth-order valence-corrected chi connectivity index (χ4v) is 4.47. The van der Waals surface area contributed by atoms with Crippen molar-refractivity contribution in [1.82, 2.24) is 0 Å². The quantitative estimate of drug-likeness (QED) is 0.459. The molecular weight excluding hydrogens is 436 g/mol. The van der Waals surface area contributed by atoms with Crippen molar-refractivity contribution in [2.45, 2.75) is 45.1 Å². The molecule has 1 unspecified atom stereocenters. The van der Waals surface area contributed by atoms with E-state index in [1.807, 2.05) is 12.1 Å². The Morgan fingerprint density at radius 3 is 2.76 bits per heavy atom. The number of carboxylic acids is 1. The number of amides is 1. The minimum absolute atomic E-state index is 0.122. The molecule has 3 aliphatic rings. The summed E-state index contributed by atoms with van der Waals surface area (Å²) in [5.74, 6) is -1.77. The first kappa shape index (κ1) is 21.7. The van der Waals surface area contributed by atoms with Crippen LogP contribution in [0.2, 0.25) is 0 Å². The summed E-state index contributed by atoms with van der Waals surface area (Å²) in [6.45, 7) is 1.71. The van der Waals surface area contributed by atoms with E-state index in [4.69, 9.17) is 9.84 Å². The molecular formula is C25H24N4O5. The Morgan fingerprint density at radius 2 is 2.00 bits per heavy atom. The summed E-state index contributed by atoms with van der Waals surface area (Å²) < 4.78 is 5.42. The SMILES string of the molecule is CC1=NN(c2ccc3c(c2)CCCC3)C(=O)/C1=N\Nc1cccc(C2CC=C(C(=O)O)O2)c1O. The molecule has 0 saturated heterocycles. The Morgan fingerprint density at radius 1 is 1.21 bits per heavy atom. The molecule has 2 heterocycles. The zero-order valence-corrected chi connectivity index (χ0v) is 18.6. The lowest BCUT2D eigenvalue weighted by atomic mass is 9.91. The number of carbonyl (C=O) groups excluding carboxylic acids is 1. The predicted molar refractivity (Wildman–Crippen MR) is 127 cm³/mol. The summed E-state index contributed by atoms with van der Waals surface area (Å²) in [7, 11) is 0. The number of aryl methyl sites for hydroxylation is 2. The van der Waals surface area contributed by atoms with Crippen molar-refractivity contribution in [3.8, 4) is 5.75 Å². The maximum absolute atomic E-state index is 13.1. The molecule has 1 aliphatic carbocycles. The summed E-state index contributed by atoms with van der Waals surface area (Å²) in [6, 6.07) is 10.9. The number of para-hydroxylation sites is 1. The highest BCUT2D eigenvalue weighted by Crippen LogP contribution is 2.39. The number of carboxylic acid groups (broad SMARTS) is 1. The van der Waals surface area contributed by atoms with Gasteiger partial charge in [-0.1, -0.05) is 18.2 Å². The number of carbonyl (C=O) groups is 2. The number of phenols is 1. The van der Waals surface area contributed by atoms with Gasteiger partial charge in [0, 0.05) is 12.0 Å². The Kier molecular flexibility index (Phi) is 5.53. The van der Waals surface area contributed by atoms with E-state index in [-0.39, 0.29) is 28.8 Å². The second-order valence-electron chi connectivity index (χ2n) is 8.49. The Balaban J connectivity index is 1.34. The molecule has 2 aromatic carbocycles. The maximum Gasteiger partial charge on any atom is 0.370 e. The van der Waals surface area contributed by atoms with Crippen molar-refractivity contribution in [2.75, 3.05) is 10.4 Å². The van der Waals surface area contributed by atoms with Crippen LogP contribution in [0.5, 0.6) is 5.75 Å². The normalized spacial score (nSPS) is 20.6. The van der Waals surface area contributed by atoms with E-state index < -0.39 is 12.1 Å². The number of hydrazone groups is 2. The number of phenolic OH excluding ortho intramolecular Hbond substituents is 1. The monoisotopic (exact) mass is 460 g/mol. The van der Waals surface area contributed by atoms with Gasteiger partial charge in [0.15, 0.2) is 5.71 Å². The summed E-state index contributed by atoms with van der Waals surface area (Å²) in [6.07, 6.45) is 5.58. The van der Waals surface area contributed by atoms with E-state index in [0.29, 0.717) is 23.4 Å². The third kappa shape index (κ3) is 3.89. The highest BCUT2D eigenvalue weighted by molar-refractivity contribution is 6.71. The van der Waals surface area contributed by atoms with Gasteiger partial charge < -0.3 is 14.9 Å². The summed E-state index contributed by atoms with van der Waals surface area (Å²) in [5, 5.41) is 29.8. The van der Waals surface area contributed by atoms with Crippen molar-refractivity contribution in [2.24, 2.45) is 10.2 Å². The molecule has 1 atom stereocenters. The molecule has 0 spiro atoms. The molecule has 0 bridgehead atoms. The zero-order valence-electron chi connectivity index (χ0n) is 18.6. The van der Waals surface area contributed by atoms with Crippen molar-refractivity contribution in [3.05, 3.63) is 64.9 Å². The molecule has 0 fully saturated rings. The highest BCUT2D eigenvalue weighted by Gasteiger charge is 2.32. The van der Waals surface area contributed by atoms with Gasteiger partial charge in [0.2, 0.25) is 5.76 Å².